The molecule has 2 rings (SSSR count). The van der Waals surface area contributed by atoms with Gasteiger partial charge in [-0.25, -0.2) is 0 Å². The van der Waals surface area contributed by atoms with Crippen LogP contribution < -0.4 is 0 Å². The number of allylic oxidation sites excluding steroid dienone is 1. The Labute approximate surface area is 92.4 Å². The molecular weight excluding hydrogens is 182 g/mol. The van der Waals surface area contributed by atoms with Crippen molar-refractivity contribution in [2.45, 2.75) is 19.8 Å². The van der Waals surface area contributed by atoms with Crippen molar-refractivity contribution in [3.05, 3.63) is 42.0 Å². The Morgan fingerprint density at radius 3 is 2.53 bits per heavy atom. The van der Waals surface area contributed by atoms with Crippen molar-refractivity contribution in [3.63, 3.8) is 0 Å². The number of benzene rings is 1. The van der Waals surface area contributed by atoms with Gasteiger partial charge in [-0.05, 0) is 44.0 Å². The van der Waals surface area contributed by atoms with Gasteiger partial charge in [0.1, 0.15) is 0 Å². The first-order valence-corrected chi connectivity index (χ1v) is 5.81. The van der Waals surface area contributed by atoms with Gasteiger partial charge in [-0.2, -0.15) is 0 Å². The first-order valence-electron chi connectivity index (χ1n) is 5.81. The van der Waals surface area contributed by atoms with Crippen LogP contribution in [0.1, 0.15) is 25.3 Å². The van der Waals surface area contributed by atoms with Crippen molar-refractivity contribution >= 4 is 5.57 Å². The molecule has 1 aliphatic rings. The van der Waals surface area contributed by atoms with Crippen LogP contribution in [0.4, 0.5) is 0 Å². The molecule has 1 heterocycles. The molecule has 1 aliphatic heterocycles. The summed E-state index contributed by atoms with van der Waals surface area (Å²) in [5.41, 5.74) is 2.74. The fourth-order valence-corrected chi connectivity index (χ4v) is 2.05. The maximum absolute atomic E-state index is 2.52. The van der Waals surface area contributed by atoms with Crippen molar-refractivity contribution in [1.82, 2.24) is 4.90 Å². The highest BCUT2D eigenvalue weighted by atomic mass is 15.1. The van der Waals surface area contributed by atoms with Crippen molar-refractivity contribution in [1.29, 1.82) is 0 Å². The molecule has 0 aromatic heterocycles. The minimum Gasteiger partial charge on any atom is -0.300 e. The molecule has 0 saturated carbocycles. The van der Waals surface area contributed by atoms with Gasteiger partial charge in [0.15, 0.2) is 0 Å². The number of nitrogens with zero attached hydrogens (tertiary/aromatic N) is 1. The summed E-state index contributed by atoms with van der Waals surface area (Å²) in [7, 11) is 0. The van der Waals surface area contributed by atoms with E-state index in [1.54, 1.807) is 0 Å². The minimum atomic E-state index is 1.11. The van der Waals surface area contributed by atoms with Gasteiger partial charge in [-0.1, -0.05) is 36.4 Å². The molecule has 1 saturated heterocycles. The molecule has 0 amide bonds. The molecule has 1 heteroatoms. The highest BCUT2D eigenvalue weighted by molar-refractivity contribution is 5.63. The Morgan fingerprint density at radius 1 is 1.20 bits per heavy atom. The van der Waals surface area contributed by atoms with Crippen molar-refractivity contribution in [2.75, 3.05) is 19.6 Å². The summed E-state index contributed by atoms with van der Waals surface area (Å²) in [4.78, 5) is 2.52. The van der Waals surface area contributed by atoms with Gasteiger partial charge in [0, 0.05) is 6.54 Å². The first kappa shape index (κ1) is 10.4. The Balaban J connectivity index is 1.95. The number of hydrogen-bond acceptors (Lipinski definition) is 1. The quantitative estimate of drug-likeness (QED) is 0.726. The molecule has 1 fully saturated rings. The lowest BCUT2D eigenvalue weighted by Crippen LogP contribution is -2.18. The van der Waals surface area contributed by atoms with E-state index in [-0.39, 0.29) is 0 Å². The summed E-state index contributed by atoms with van der Waals surface area (Å²) in [5.74, 6) is 0. The van der Waals surface area contributed by atoms with E-state index in [0.29, 0.717) is 0 Å². The molecule has 0 radical (unpaired) electrons. The van der Waals surface area contributed by atoms with Gasteiger partial charge in [0.2, 0.25) is 0 Å². The van der Waals surface area contributed by atoms with E-state index in [1.165, 1.54) is 37.1 Å². The second-order valence-corrected chi connectivity index (χ2v) is 4.26. The predicted molar refractivity (Wildman–Crippen MR) is 65.8 cm³/mol. The second-order valence-electron chi connectivity index (χ2n) is 4.26. The van der Waals surface area contributed by atoms with Crippen LogP contribution in [0.5, 0.6) is 0 Å². The monoisotopic (exact) mass is 201 g/mol. The zero-order valence-corrected chi connectivity index (χ0v) is 9.45. The lowest BCUT2D eigenvalue weighted by atomic mass is 10.1. The lowest BCUT2D eigenvalue weighted by molar-refractivity contribution is 0.377. The number of likely N-dealkylation sites (tertiary alicyclic amines) is 1. The predicted octanol–water partition coefficient (Wildman–Crippen LogP) is 3.19. The van der Waals surface area contributed by atoms with Gasteiger partial charge in [0.25, 0.3) is 0 Å². The second kappa shape index (κ2) is 5.13. The molecule has 1 aromatic carbocycles. The summed E-state index contributed by atoms with van der Waals surface area (Å²) in [6, 6.07) is 10.6. The van der Waals surface area contributed by atoms with Gasteiger partial charge >= 0.3 is 0 Å². The topological polar surface area (TPSA) is 3.24 Å². The van der Waals surface area contributed by atoms with Gasteiger partial charge in [-0.15, -0.1) is 0 Å². The highest BCUT2D eigenvalue weighted by Crippen LogP contribution is 2.14. The van der Waals surface area contributed by atoms with Crippen LogP contribution in [0.3, 0.4) is 0 Å². The van der Waals surface area contributed by atoms with E-state index in [4.69, 9.17) is 0 Å². The van der Waals surface area contributed by atoms with Crippen LogP contribution in [0.25, 0.3) is 5.57 Å². The van der Waals surface area contributed by atoms with E-state index in [1.807, 2.05) is 0 Å². The van der Waals surface area contributed by atoms with Crippen LogP contribution in [0.2, 0.25) is 0 Å². The Kier molecular flexibility index (Phi) is 3.57. The van der Waals surface area contributed by atoms with E-state index >= 15 is 0 Å². The zero-order valence-electron chi connectivity index (χ0n) is 9.45. The molecule has 0 spiro atoms. The summed E-state index contributed by atoms with van der Waals surface area (Å²) < 4.78 is 0. The molecule has 0 N–H and O–H groups in total. The van der Waals surface area contributed by atoms with Crippen LogP contribution in [0, 0.1) is 0 Å². The van der Waals surface area contributed by atoms with Crippen molar-refractivity contribution in [3.8, 4) is 0 Å². The summed E-state index contributed by atoms with van der Waals surface area (Å²) in [6.45, 7) is 5.86. The highest BCUT2D eigenvalue weighted by Gasteiger charge is 2.09. The molecule has 1 nitrogen and oxygen atoms in total. The third kappa shape index (κ3) is 2.93. The molecule has 0 aliphatic carbocycles. The average Bonchev–Trinajstić information content (AvgIpc) is 2.80. The third-order valence-electron chi connectivity index (χ3n) is 3.08. The Hall–Kier alpha value is -1.08. The molecule has 15 heavy (non-hydrogen) atoms. The fraction of sp³-hybridized carbons (Fsp3) is 0.429. The largest absolute Gasteiger partial charge is 0.300 e. The van der Waals surface area contributed by atoms with Gasteiger partial charge in [-0.3, -0.25) is 4.90 Å². The van der Waals surface area contributed by atoms with Crippen molar-refractivity contribution in [2.24, 2.45) is 0 Å². The smallest absolute Gasteiger partial charge is 0.0169 e. The van der Waals surface area contributed by atoms with Crippen LogP contribution in [-0.4, -0.2) is 24.5 Å². The number of rotatable bonds is 3. The maximum Gasteiger partial charge on any atom is 0.0169 e. The van der Waals surface area contributed by atoms with E-state index in [9.17, 15) is 0 Å². The fourth-order valence-electron chi connectivity index (χ4n) is 2.05. The third-order valence-corrected chi connectivity index (χ3v) is 3.08. The molecular formula is C14H19N. The Morgan fingerprint density at radius 2 is 1.87 bits per heavy atom. The van der Waals surface area contributed by atoms with Crippen molar-refractivity contribution < 1.29 is 0 Å². The van der Waals surface area contributed by atoms with Crippen LogP contribution >= 0.6 is 0 Å². The van der Waals surface area contributed by atoms with E-state index in [2.05, 4.69) is 48.2 Å². The summed E-state index contributed by atoms with van der Waals surface area (Å²) in [6.07, 6.45) is 5.09. The molecule has 1 aromatic rings. The van der Waals surface area contributed by atoms with Crippen LogP contribution in [0.15, 0.2) is 36.4 Å². The van der Waals surface area contributed by atoms with Gasteiger partial charge < -0.3 is 0 Å². The molecule has 0 unspecified atom stereocenters. The van der Waals surface area contributed by atoms with E-state index in [0.717, 1.165) is 6.54 Å². The molecule has 0 bridgehead atoms. The molecule has 80 valence electrons. The summed E-state index contributed by atoms with van der Waals surface area (Å²) in [5, 5.41) is 0. The normalized spacial score (nSPS) is 18.3. The average molecular weight is 201 g/mol. The number of hydrogen-bond donors (Lipinski definition) is 0. The van der Waals surface area contributed by atoms with E-state index < -0.39 is 0 Å². The summed E-state index contributed by atoms with van der Waals surface area (Å²) >= 11 is 0. The zero-order chi connectivity index (χ0) is 10.5. The standard InChI is InChI=1S/C14H19N/c1-13(14-7-3-2-4-8-14)9-12-15-10-5-6-11-15/h2-4,7-9H,5-6,10-12H2,1H3. The van der Waals surface area contributed by atoms with Crippen LogP contribution in [-0.2, 0) is 0 Å². The van der Waals surface area contributed by atoms with Gasteiger partial charge in [0.05, 0.1) is 0 Å². The first-order chi connectivity index (χ1) is 7.36. The Bertz CT molecular complexity index is 320. The SMILES string of the molecule is CC(=CCN1CCCC1)c1ccccc1. The maximum atomic E-state index is 2.52. The lowest BCUT2D eigenvalue weighted by Gasteiger charge is -2.12. The minimum absolute atomic E-state index is 1.11. The molecule has 0 atom stereocenters.